The Labute approximate surface area is 205 Å². The Morgan fingerprint density at radius 1 is 1.00 bits per heavy atom. The normalized spacial score (nSPS) is 14.5. The molecule has 0 aromatic heterocycles. The summed E-state index contributed by atoms with van der Waals surface area (Å²) in [6.07, 6.45) is 1.70. The van der Waals surface area contributed by atoms with Crippen LogP contribution in [0.1, 0.15) is 22.3 Å². The lowest BCUT2D eigenvalue weighted by Gasteiger charge is -2.12. The Kier molecular flexibility index (Phi) is 6.74. The molecule has 4 rings (SSSR count). The number of carbonyl (C=O) groups is 1. The highest BCUT2D eigenvalue weighted by Gasteiger charge is 2.25. The van der Waals surface area contributed by atoms with Crippen LogP contribution < -0.4 is 4.74 Å². The minimum atomic E-state index is -0.472. The first-order valence-corrected chi connectivity index (χ1v) is 11.7. The zero-order chi connectivity index (χ0) is 22.0. The van der Waals surface area contributed by atoms with Crippen molar-refractivity contribution >= 4 is 65.7 Å². The fraction of sp³-hybridized carbons (Fsp3) is 0.0833. The van der Waals surface area contributed by atoms with Crippen LogP contribution in [-0.4, -0.2) is 11.9 Å². The molecule has 0 radical (unpaired) electrons. The Bertz CT molecular complexity index is 1210. The monoisotopic (exact) mass is 603 g/mol. The van der Waals surface area contributed by atoms with Crippen molar-refractivity contribution in [3.05, 3.63) is 102 Å². The van der Waals surface area contributed by atoms with Crippen LogP contribution in [0, 0.1) is 6.92 Å². The summed E-state index contributed by atoms with van der Waals surface area (Å²) in [6, 6.07) is 19.4. The van der Waals surface area contributed by atoms with Crippen molar-refractivity contribution in [3.8, 4) is 5.75 Å². The fourth-order valence-corrected chi connectivity index (χ4v) is 4.98. The van der Waals surface area contributed by atoms with Crippen molar-refractivity contribution in [2.75, 3.05) is 0 Å². The summed E-state index contributed by atoms with van der Waals surface area (Å²) in [6.45, 7) is 2.38. The summed E-state index contributed by atoms with van der Waals surface area (Å²) in [5, 5.41) is 0. The van der Waals surface area contributed by atoms with Gasteiger partial charge in [-0.25, -0.2) is 9.79 Å². The van der Waals surface area contributed by atoms with Crippen molar-refractivity contribution in [2.24, 2.45) is 4.99 Å². The molecule has 3 aromatic rings. The summed E-state index contributed by atoms with van der Waals surface area (Å²) in [5.41, 5.74) is 3.88. The molecule has 0 spiro atoms. The van der Waals surface area contributed by atoms with E-state index >= 15 is 0 Å². The van der Waals surface area contributed by atoms with Crippen molar-refractivity contribution in [1.29, 1.82) is 0 Å². The molecule has 0 saturated heterocycles. The Balaban J connectivity index is 1.57. The van der Waals surface area contributed by atoms with Gasteiger partial charge in [-0.3, -0.25) is 0 Å². The zero-order valence-corrected chi connectivity index (χ0v) is 21.1. The standard InChI is InChI=1S/C24H16Br3NO3/c1-14-5-2-3-8-18(14)23-28-21(24(29)31-23)12-16-10-19(26)22(20(27)11-16)30-13-15-6-4-7-17(25)9-15/h2-12H,13H2,1H3/b21-12-. The summed E-state index contributed by atoms with van der Waals surface area (Å²) >= 11 is 10.6. The molecule has 31 heavy (non-hydrogen) atoms. The van der Waals surface area contributed by atoms with E-state index in [1.165, 1.54) is 0 Å². The highest BCUT2D eigenvalue weighted by atomic mass is 79.9. The number of rotatable bonds is 5. The summed E-state index contributed by atoms with van der Waals surface area (Å²) in [7, 11) is 0. The molecule has 0 unspecified atom stereocenters. The van der Waals surface area contributed by atoms with Gasteiger partial charge in [-0.15, -0.1) is 0 Å². The van der Waals surface area contributed by atoms with E-state index in [-0.39, 0.29) is 5.70 Å². The third kappa shape index (κ3) is 5.17. The van der Waals surface area contributed by atoms with Gasteiger partial charge < -0.3 is 9.47 Å². The van der Waals surface area contributed by atoms with Gasteiger partial charge in [0, 0.05) is 10.0 Å². The SMILES string of the molecule is Cc1ccccc1C1=N/C(=C\c2cc(Br)c(OCc3cccc(Br)c3)c(Br)c2)C(=O)O1. The smallest absolute Gasteiger partial charge is 0.363 e. The third-order valence-corrected chi connectivity index (χ3v) is 6.26. The van der Waals surface area contributed by atoms with Gasteiger partial charge in [0.15, 0.2) is 5.70 Å². The lowest BCUT2D eigenvalue weighted by atomic mass is 10.1. The van der Waals surface area contributed by atoms with Gasteiger partial charge in [0.2, 0.25) is 5.90 Å². The van der Waals surface area contributed by atoms with Gasteiger partial charge in [-0.1, -0.05) is 46.3 Å². The predicted molar refractivity (Wildman–Crippen MR) is 132 cm³/mol. The maximum atomic E-state index is 12.3. The molecule has 156 valence electrons. The Morgan fingerprint density at radius 3 is 2.45 bits per heavy atom. The lowest BCUT2D eigenvalue weighted by molar-refractivity contribution is -0.129. The van der Waals surface area contributed by atoms with E-state index < -0.39 is 5.97 Å². The van der Waals surface area contributed by atoms with Gasteiger partial charge in [0.1, 0.15) is 12.4 Å². The molecule has 0 saturated carbocycles. The van der Waals surface area contributed by atoms with Gasteiger partial charge in [-0.2, -0.15) is 0 Å². The van der Waals surface area contributed by atoms with E-state index in [1.807, 2.05) is 67.6 Å². The maximum Gasteiger partial charge on any atom is 0.363 e. The molecule has 1 heterocycles. The molecule has 0 aliphatic carbocycles. The molecule has 0 fully saturated rings. The second kappa shape index (κ2) is 9.51. The number of hydrogen-bond donors (Lipinski definition) is 0. The molecule has 0 N–H and O–H groups in total. The van der Waals surface area contributed by atoms with Crippen LogP contribution in [0.3, 0.4) is 0 Å². The predicted octanol–water partition coefficient (Wildman–Crippen LogP) is 7.21. The highest BCUT2D eigenvalue weighted by Crippen LogP contribution is 2.36. The van der Waals surface area contributed by atoms with Gasteiger partial charge in [0.25, 0.3) is 0 Å². The highest BCUT2D eigenvalue weighted by molar-refractivity contribution is 9.11. The Morgan fingerprint density at radius 2 is 1.74 bits per heavy atom. The average Bonchev–Trinajstić information content (AvgIpc) is 3.08. The number of nitrogens with zero attached hydrogens (tertiary/aromatic N) is 1. The summed E-state index contributed by atoms with van der Waals surface area (Å²) in [4.78, 5) is 16.7. The Hall–Kier alpha value is -2.22. The molecular formula is C24H16Br3NO3. The molecule has 0 amide bonds. The van der Waals surface area contributed by atoms with Crippen LogP contribution >= 0.6 is 47.8 Å². The average molecular weight is 606 g/mol. The van der Waals surface area contributed by atoms with Crippen LogP contribution in [0.4, 0.5) is 0 Å². The van der Waals surface area contributed by atoms with Crippen molar-refractivity contribution in [3.63, 3.8) is 0 Å². The molecular weight excluding hydrogens is 590 g/mol. The third-order valence-electron chi connectivity index (χ3n) is 4.59. The van der Waals surface area contributed by atoms with E-state index in [0.717, 1.165) is 35.7 Å². The molecule has 3 aromatic carbocycles. The maximum absolute atomic E-state index is 12.3. The zero-order valence-electron chi connectivity index (χ0n) is 16.4. The van der Waals surface area contributed by atoms with E-state index in [1.54, 1.807) is 6.08 Å². The van der Waals surface area contributed by atoms with E-state index in [9.17, 15) is 4.79 Å². The van der Waals surface area contributed by atoms with Crippen molar-refractivity contribution < 1.29 is 14.3 Å². The molecule has 1 aliphatic rings. The number of aryl methyl sites for hydroxylation is 1. The molecule has 4 nitrogen and oxygen atoms in total. The minimum absolute atomic E-state index is 0.250. The number of hydrogen-bond acceptors (Lipinski definition) is 4. The fourth-order valence-electron chi connectivity index (χ4n) is 3.08. The molecule has 1 aliphatic heterocycles. The lowest BCUT2D eigenvalue weighted by Crippen LogP contribution is -2.06. The number of aliphatic imine (C=N–C) groups is 1. The number of cyclic esters (lactones) is 1. The van der Waals surface area contributed by atoms with Crippen molar-refractivity contribution in [2.45, 2.75) is 13.5 Å². The van der Waals surface area contributed by atoms with Gasteiger partial charge in [-0.05, 0) is 91.9 Å². The first kappa shape index (κ1) is 22.0. The topological polar surface area (TPSA) is 47.9 Å². The number of esters is 1. The number of halogens is 3. The summed E-state index contributed by atoms with van der Waals surface area (Å²) < 4.78 is 13.9. The van der Waals surface area contributed by atoms with Crippen LogP contribution in [0.5, 0.6) is 5.75 Å². The first-order valence-electron chi connectivity index (χ1n) is 9.35. The van der Waals surface area contributed by atoms with Crippen LogP contribution in [0.15, 0.2) is 84.8 Å². The van der Waals surface area contributed by atoms with Crippen molar-refractivity contribution in [1.82, 2.24) is 0 Å². The number of carbonyl (C=O) groups excluding carboxylic acids is 1. The van der Waals surface area contributed by atoms with Crippen LogP contribution in [-0.2, 0) is 16.1 Å². The second-order valence-electron chi connectivity index (χ2n) is 6.88. The second-order valence-corrected chi connectivity index (χ2v) is 9.51. The van der Waals surface area contributed by atoms with E-state index in [0.29, 0.717) is 18.3 Å². The van der Waals surface area contributed by atoms with E-state index in [2.05, 4.69) is 52.8 Å². The number of ether oxygens (including phenoxy) is 2. The van der Waals surface area contributed by atoms with Gasteiger partial charge in [0.05, 0.1) is 8.95 Å². The quantitative estimate of drug-likeness (QED) is 0.228. The molecule has 0 bridgehead atoms. The van der Waals surface area contributed by atoms with Crippen LogP contribution in [0.25, 0.3) is 6.08 Å². The van der Waals surface area contributed by atoms with Gasteiger partial charge >= 0.3 is 5.97 Å². The number of benzene rings is 3. The summed E-state index contributed by atoms with van der Waals surface area (Å²) in [5.74, 6) is 0.530. The first-order chi connectivity index (χ1) is 14.9. The van der Waals surface area contributed by atoms with Crippen LogP contribution in [0.2, 0.25) is 0 Å². The minimum Gasteiger partial charge on any atom is -0.487 e. The molecule has 7 heteroatoms. The molecule has 0 atom stereocenters. The van der Waals surface area contributed by atoms with E-state index in [4.69, 9.17) is 9.47 Å². The largest absolute Gasteiger partial charge is 0.487 e.